The summed E-state index contributed by atoms with van der Waals surface area (Å²) in [6, 6.07) is 7.24. The summed E-state index contributed by atoms with van der Waals surface area (Å²) >= 11 is 0. The maximum atomic E-state index is 12.3. The number of methoxy groups -OCH3 is 1. The number of ether oxygens (including phenoxy) is 1. The fourth-order valence-electron chi connectivity index (χ4n) is 2.83. The Labute approximate surface area is 130 Å². The fraction of sp³-hybridized carbons (Fsp3) is 0.500. The highest BCUT2D eigenvalue weighted by atomic mass is 16.5. The zero-order valence-corrected chi connectivity index (χ0v) is 12.9. The molecule has 6 heteroatoms. The van der Waals surface area contributed by atoms with Gasteiger partial charge in [-0.1, -0.05) is 25.1 Å². The van der Waals surface area contributed by atoms with E-state index in [0.717, 1.165) is 11.3 Å². The van der Waals surface area contributed by atoms with Crippen LogP contribution >= 0.6 is 0 Å². The Hall–Kier alpha value is -2.24. The first-order chi connectivity index (χ1) is 10.5. The van der Waals surface area contributed by atoms with Crippen molar-refractivity contribution in [2.75, 3.05) is 20.2 Å². The van der Waals surface area contributed by atoms with Gasteiger partial charge in [0.05, 0.1) is 13.0 Å². The number of aliphatic carboxylic acids is 1. The monoisotopic (exact) mass is 306 g/mol. The second-order valence-corrected chi connectivity index (χ2v) is 5.75. The standard InChI is InChI=1S/C16H22N2O4/c1-11-7-13(15(19)20)10-18(9-11)16(21)17-8-12-5-3-4-6-14(12)22-2/h3-6,11,13H,7-10H2,1-2H3,(H,17,21)(H,19,20). The molecule has 6 nitrogen and oxygen atoms in total. The van der Waals surface area contributed by atoms with Crippen LogP contribution in [0.25, 0.3) is 0 Å². The van der Waals surface area contributed by atoms with Crippen molar-refractivity contribution in [3.8, 4) is 5.75 Å². The molecule has 0 bridgehead atoms. The van der Waals surface area contributed by atoms with Crippen molar-refractivity contribution >= 4 is 12.0 Å². The summed E-state index contributed by atoms with van der Waals surface area (Å²) in [5.74, 6) is -0.417. The van der Waals surface area contributed by atoms with Crippen molar-refractivity contribution in [3.05, 3.63) is 29.8 Å². The van der Waals surface area contributed by atoms with E-state index in [1.165, 1.54) is 0 Å². The number of piperidine rings is 1. The van der Waals surface area contributed by atoms with E-state index >= 15 is 0 Å². The molecule has 1 saturated heterocycles. The van der Waals surface area contributed by atoms with E-state index in [-0.39, 0.29) is 18.5 Å². The van der Waals surface area contributed by atoms with Crippen LogP contribution in [0.5, 0.6) is 5.75 Å². The number of hydrogen-bond acceptors (Lipinski definition) is 3. The van der Waals surface area contributed by atoms with Gasteiger partial charge < -0.3 is 20.1 Å². The lowest BCUT2D eigenvalue weighted by molar-refractivity contribution is -0.143. The first-order valence-electron chi connectivity index (χ1n) is 7.38. The molecule has 0 radical (unpaired) electrons. The average Bonchev–Trinajstić information content (AvgIpc) is 2.52. The van der Waals surface area contributed by atoms with Crippen LogP contribution in [0.2, 0.25) is 0 Å². The summed E-state index contributed by atoms with van der Waals surface area (Å²) in [6.07, 6.45) is 0.617. The SMILES string of the molecule is COc1ccccc1CNC(=O)N1CC(C)CC(C(=O)O)C1. The second kappa shape index (κ2) is 7.15. The minimum absolute atomic E-state index is 0.187. The minimum atomic E-state index is -0.839. The van der Waals surface area contributed by atoms with Gasteiger partial charge in [-0.15, -0.1) is 0 Å². The first-order valence-corrected chi connectivity index (χ1v) is 7.38. The number of carbonyl (C=O) groups excluding carboxylic acids is 1. The summed E-state index contributed by atoms with van der Waals surface area (Å²) in [6.45, 7) is 3.17. The Morgan fingerprint density at radius 1 is 1.36 bits per heavy atom. The average molecular weight is 306 g/mol. The van der Waals surface area contributed by atoms with Crippen LogP contribution in [0.1, 0.15) is 18.9 Å². The van der Waals surface area contributed by atoms with E-state index in [0.29, 0.717) is 19.5 Å². The molecule has 1 heterocycles. The van der Waals surface area contributed by atoms with Gasteiger partial charge in [-0.25, -0.2) is 4.79 Å². The second-order valence-electron chi connectivity index (χ2n) is 5.75. The maximum Gasteiger partial charge on any atom is 0.317 e. The Balaban J connectivity index is 1.95. The molecule has 1 aromatic rings. The molecule has 0 spiro atoms. The van der Waals surface area contributed by atoms with E-state index in [1.807, 2.05) is 31.2 Å². The molecular weight excluding hydrogens is 284 g/mol. The third-order valence-electron chi connectivity index (χ3n) is 3.92. The third-order valence-corrected chi connectivity index (χ3v) is 3.92. The van der Waals surface area contributed by atoms with E-state index in [2.05, 4.69) is 5.32 Å². The molecule has 1 fully saturated rings. The molecule has 1 aliphatic rings. The molecule has 0 saturated carbocycles. The summed E-state index contributed by atoms with van der Waals surface area (Å²) in [7, 11) is 1.59. The molecule has 0 aromatic heterocycles. The molecule has 2 N–H and O–H groups in total. The maximum absolute atomic E-state index is 12.3. The molecule has 2 atom stereocenters. The van der Waals surface area contributed by atoms with Gasteiger partial charge in [0.25, 0.3) is 0 Å². The zero-order chi connectivity index (χ0) is 16.1. The highest BCUT2D eigenvalue weighted by molar-refractivity contribution is 5.76. The van der Waals surface area contributed by atoms with Gasteiger partial charge in [-0.05, 0) is 18.4 Å². The highest BCUT2D eigenvalue weighted by Gasteiger charge is 2.31. The Bertz CT molecular complexity index is 547. The summed E-state index contributed by atoms with van der Waals surface area (Å²) in [5.41, 5.74) is 0.887. The third kappa shape index (κ3) is 3.90. The van der Waals surface area contributed by atoms with Crippen molar-refractivity contribution in [2.45, 2.75) is 19.9 Å². The van der Waals surface area contributed by atoms with Gasteiger partial charge in [0.15, 0.2) is 0 Å². The predicted molar refractivity (Wildman–Crippen MR) is 81.7 cm³/mol. The van der Waals surface area contributed by atoms with Crippen LogP contribution < -0.4 is 10.1 Å². The number of hydrogen-bond donors (Lipinski definition) is 2. The first kappa shape index (κ1) is 16.1. The van der Waals surface area contributed by atoms with Crippen LogP contribution in [0.3, 0.4) is 0 Å². The van der Waals surface area contributed by atoms with Crippen molar-refractivity contribution in [1.82, 2.24) is 10.2 Å². The van der Waals surface area contributed by atoms with Gasteiger partial charge in [-0.3, -0.25) is 4.79 Å². The highest BCUT2D eigenvalue weighted by Crippen LogP contribution is 2.22. The normalized spacial score (nSPS) is 21.3. The van der Waals surface area contributed by atoms with Crippen LogP contribution in [-0.2, 0) is 11.3 Å². The molecule has 2 unspecified atom stereocenters. The summed E-state index contributed by atoms with van der Waals surface area (Å²) < 4.78 is 5.25. The Kier molecular flexibility index (Phi) is 5.25. The van der Waals surface area contributed by atoms with Crippen LogP contribution in [0.15, 0.2) is 24.3 Å². The smallest absolute Gasteiger partial charge is 0.317 e. The van der Waals surface area contributed by atoms with E-state index in [4.69, 9.17) is 9.84 Å². The predicted octanol–water partition coefficient (Wildman–Crippen LogP) is 1.95. The van der Waals surface area contributed by atoms with Crippen LogP contribution in [-0.4, -0.2) is 42.2 Å². The van der Waals surface area contributed by atoms with Gasteiger partial charge in [0.1, 0.15) is 5.75 Å². The molecule has 2 rings (SSSR count). The largest absolute Gasteiger partial charge is 0.496 e. The van der Waals surface area contributed by atoms with E-state index in [1.54, 1.807) is 12.0 Å². The lowest BCUT2D eigenvalue weighted by Gasteiger charge is -2.34. The van der Waals surface area contributed by atoms with Gasteiger partial charge in [0, 0.05) is 25.2 Å². The van der Waals surface area contributed by atoms with E-state index in [9.17, 15) is 9.59 Å². The molecular formula is C16H22N2O4. The molecule has 120 valence electrons. The lowest BCUT2D eigenvalue weighted by Crippen LogP contribution is -2.49. The van der Waals surface area contributed by atoms with Crippen molar-refractivity contribution in [1.29, 1.82) is 0 Å². The van der Waals surface area contributed by atoms with Crippen molar-refractivity contribution < 1.29 is 19.4 Å². The number of rotatable bonds is 4. The lowest BCUT2D eigenvalue weighted by atomic mass is 9.91. The van der Waals surface area contributed by atoms with Crippen LogP contribution in [0, 0.1) is 11.8 Å². The Morgan fingerprint density at radius 2 is 2.09 bits per heavy atom. The number of carboxylic acid groups (broad SMARTS) is 1. The summed E-state index contributed by atoms with van der Waals surface area (Å²) in [4.78, 5) is 25.0. The number of nitrogens with zero attached hydrogens (tertiary/aromatic N) is 1. The fourth-order valence-corrected chi connectivity index (χ4v) is 2.83. The number of para-hydroxylation sites is 1. The van der Waals surface area contributed by atoms with E-state index < -0.39 is 11.9 Å². The van der Waals surface area contributed by atoms with Crippen molar-refractivity contribution in [2.24, 2.45) is 11.8 Å². The number of urea groups is 1. The molecule has 22 heavy (non-hydrogen) atoms. The number of nitrogens with one attached hydrogen (secondary N) is 1. The quantitative estimate of drug-likeness (QED) is 0.891. The van der Waals surface area contributed by atoms with Gasteiger partial charge in [0.2, 0.25) is 0 Å². The number of likely N-dealkylation sites (tertiary alicyclic amines) is 1. The molecule has 2 amide bonds. The summed E-state index contributed by atoms with van der Waals surface area (Å²) in [5, 5.41) is 12.0. The number of carboxylic acids is 1. The number of amides is 2. The molecule has 1 aromatic carbocycles. The molecule has 0 aliphatic carbocycles. The van der Waals surface area contributed by atoms with Crippen LogP contribution in [0.4, 0.5) is 4.79 Å². The van der Waals surface area contributed by atoms with Gasteiger partial charge >= 0.3 is 12.0 Å². The number of benzene rings is 1. The number of carbonyl (C=O) groups is 2. The van der Waals surface area contributed by atoms with Crippen molar-refractivity contribution in [3.63, 3.8) is 0 Å². The zero-order valence-electron chi connectivity index (χ0n) is 12.9. The minimum Gasteiger partial charge on any atom is -0.496 e. The molecule has 1 aliphatic heterocycles. The Morgan fingerprint density at radius 3 is 2.77 bits per heavy atom. The van der Waals surface area contributed by atoms with Gasteiger partial charge in [-0.2, -0.15) is 0 Å². The topological polar surface area (TPSA) is 78.9 Å².